The Morgan fingerprint density at radius 3 is 2.90 bits per heavy atom. The molecule has 1 fully saturated rings. The third kappa shape index (κ3) is 1.94. The zero-order valence-electron chi connectivity index (χ0n) is 6.34. The molecule has 0 aromatic carbocycles. The Labute approximate surface area is 61.2 Å². The van der Waals surface area contributed by atoms with E-state index >= 15 is 0 Å². The van der Waals surface area contributed by atoms with Crippen molar-refractivity contribution in [2.45, 2.75) is 31.5 Å². The topological polar surface area (TPSA) is 55.5 Å². The van der Waals surface area contributed by atoms with Crippen LogP contribution in [0.25, 0.3) is 0 Å². The highest BCUT2D eigenvalue weighted by Gasteiger charge is 2.28. The van der Waals surface area contributed by atoms with Gasteiger partial charge in [-0.2, -0.15) is 0 Å². The van der Waals surface area contributed by atoms with E-state index in [0.717, 1.165) is 12.8 Å². The fourth-order valence-electron chi connectivity index (χ4n) is 1.11. The van der Waals surface area contributed by atoms with Crippen molar-refractivity contribution in [2.24, 2.45) is 5.73 Å². The molecule has 0 radical (unpaired) electrons. The van der Waals surface area contributed by atoms with Crippen molar-refractivity contribution in [2.75, 3.05) is 13.2 Å². The zero-order valence-corrected chi connectivity index (χ0v) is 6.34. The lowest BCUT2D eigenvalue weighted by molar-refractivity contribution is -0.106. The summed E-state index contributed by atoms with van der Waals surface area (Å²) in [5.74, 6) is 0. The van der Waals surface area contributed by atoms with Crippen LogP contribution in [0.5, 0.6) is 0 Å². The van der Waals surface area contributed by atoms with Crippen LogP contribution in [0.4, 0.5) is 0 Å². The smallest absolute Gasteiger partial charge is 0.0853 e. The van der Waals surface area contributed by atoms with E-state index in [1.807, 2.05) is 0 Å². The molecule has 0 aromatic heterocycles. The monoisotopic (exact) mass is 145 g/mol. The van der Waals surface area contributed by atoms with Crippen LogP contribution in [0.2, 0.25) is 0 Å². The average Bonchev–Trinajstić information content (AvgIpc) is 1.88. The SMILES string of the molecule is C[C@]1(O)CC[C@H](CN)OC1. The number of aliphatic hydroxyl groups is 1. The predicted octanol–water partition coefficient (Wildman–Crippen LogP) is -0.125. The van der Waals surface area contributed by atoms with Crippen LogP contribution in [0.3, 0.4) is 0 Å². The van der Waals surface area contributed by atoms with Gasteiger partial charge in [-0.1, -0.05) is 0 Å². The molecule has 3 N–H and O–H groups in total. The molecular formula is C7H15NO2. The van der Waals surface area contributed by atoms with E-state index in [0.29, 0.717) is 13.2 Å². The van der Waals surface area contributed by atoms with Gasteiger partial charge in [0.15, 0.2) is 0 Å². The van der Waals surface area contributed by atoms with Crippen LogP contribution >= 0.6 is 0 Å². The van der Waals surface area contributed by atoms with Gasteiger partial charge < -0.3 is 15.6 Å². The van der Waals surface area contributed by atoms with Crippen molar-refractivity contribution in [1.29, 1.82) is 0 Å². The molecule has 0 unspecified atom stereocenters. The summed E-state index contributed by atoms with van der Waals surface area (Å²) in [6.07, 6.45) is 1.85. The Morgan fingerprint density at radius 2 is 2.50 bits per heavy atom. The van der Waals surface area contributed by atoms with Crippen LogP contribution < -0.4 is 5.73 Å². The number of hydrogen-bond donors (Lipinski definition) is 2. The predicted molar refractivity (Wildman–Crippen MR) is 38.7 cm³/mol. The highest BCUT2D eigenvalue weighted by Crippen LogP contribution is 2.21. The Balaban J connectivity index is 2.31. The molecule has 0 aromatic rings. The lowest BCUT2D eigenvalue weighted by Gasteiger charge is -2.32. The van der Waals surface area contributed by atoms with Crippen molar-refractivity contribution >= 4 is 0 Å². The molecule has 1 heterocycles. The van der Waals surface area contributed by atoms with Gasteiger partial charge in [0.25, 0.3) is 0 Å². The second-order valence-electron chi connectivity index (χ2n) is 3.20. The maximum atomic E-state index is 9.42. The van der Waals surface area contributed by atoms with E-state index in [1.54, 1.807) is 6.92 Å². The van der Waals surface area contributed by atoms with Gasteiger partial charge in [-0.25, -0.2) is 0 Å². The zero-order chi connectivity index (χ0) is 7.61. The molecule has 1 aliphatic rings. The van der Waals surface area contributed by atoms with Crippen molar-refractivity contribution in [3.63, 3.8) is 0 Å². The second kappa shape index (κ2) is 2.86. The number of rotatable bonds is 1. The number of ether oxygens (including phenoxy) is 1. The highest BCUT2D eigenvalue weighted by molar-refractivity contribution is 4.79. The van der Waals surface area contributed by atoms with Crippen LogP contribution in [0.1, 0.15) is 19.8 Å². The van der Waals surface area contributed by atoms with Gasteiger partial charge in [0.1, 0.15) is 0 Å². The van der Waals surface area contributed by atoms with Gasteiger partial charge in [-0.3, -0.25) is 0 Å². The largest absolute Gasteiger partial charge is 0.388 e. The molecule has 0 bridgehead atoms. The minimum atomic E-state index is -0.619. The van der Waals surface area contributed by atoms with E-state index < -0.39 is 5.60 Å². The molecule has 3 heteroatoms. The van der Waals surface area contributed by atoms with Gasteiger partial charge in [0.2, 0.25) is 0 Å². The molecule has 0 spiro atoms. The first-order chi connectivity index (χ1) is 4.64. The molecular weight excluding hydrogens is 130 g/mol. The summed E-state index contributed by atoms with van der Waals surface area (Å²) in [4.78, 5) is 0. The summed E-state index contributed by atoms with van der Waals surface area (Å²) in [7, 11) is 0. The Hall–Kier alpha value is -0.120. The summed E-state index contributed by atoms with van der Waals surface area (Å²) < 4.78 is 5.27. The maximum absolute atomic E-state index is 9.42. The molecule has 3 nitrogen and oxygen atoms in total. The van der Waals surface area contributed by atoms with E-state index in [1.165, 1.54) is 0 Å². The van der Waals surface area contributed by atoms with Crippen LogP contribution in [-0.4, -0.2) is 30.0 Å². The van der Waals surface area contributed by atoms with Gasteiger partial charge in [0, 0.05) is 6.54 Å². The lowest BCUT2D eigenvalue weighted by atomic mass is 9.96. The minimum Gasteiger partial charge on any atom is -0.388 e. The van der Waals surface area contributed by atoms with Gasteiger partial charge in [0.05, 0.1) is 18.3 Å². The third-order valence-corrected chi connectivity index (χ3v) is 1.90. The summed E-state index contributed by atoms with van der Waals surface area (Å²) >= 11 is 0. The molecule has 1 saturated heterocycles. The van der Waals surface area contributed by atoms with Gasteiger partial charge in [-0.05, 0) is 19.8 Å². The van der Waals surface area contributed by atoms with Crippen LogP contribution in [-0.2, 0) is 4.74 Å². The summed E-state index contributed by atoms with van der Waals surface area (Å²) in [6, 6.07) is 0. The minimum absolute atomic E-state index is 0.167. The van der Waals surface area contributed by atoms with Gasteiger partial charge in [-0.15, -0.1) is 0 Å². The molecule has 1 aliphatic heterocycles. The third-order valence-electron chi connectivity index (χ3n) is 1.90. The van der Waals surface area contributed by atoms with E-state index in [2.05, 4.69) is 0 Å². The standard InChI is InChI=1S/C7H15NO2/c1-7(9)3-2-6(4-8)10-5-7/h6,9H,2-5,8H2,1H3/t6-,7+/m1/s1. The second-order valence-corrected chi connectivity index (χ2v) is 3.20. The maximum Gasteiger partial charge on any atom is 0.0853 e. The van der Waals surface area contributed by atoms with E-state index in [9.17, 15) is 5.11 Å². The fraction of sp³-hybridized carbons (Fsp3) is 1.00. The first-order valence-electron chi connectivity index (χ1n) is 3.68. The van der Waals surface area contributed by atoms with Crippen molar-refractivity contribution < 1.29 is 9.84 Å². The molecule has 0 saturated carbocycles. The molecule has 60 valence electrons. The normalized spacial score (nSPS) is 41.7. The van der Waals surface area contributed by atoms with Crippen LogP contribution in [0.15, 0.2) is 0 Å². The highest BCUT2D eigenvalue weighted by atomic mass is 16.5. The summed E-state index contributed by atoms with van der Waals surface area (Å²) in [5.41, 5.74) is 4.77. The van der Waals surface area contributed by atoms with Crippen molar-refractivity contribution in [3.05, 3.63) is 0 Å². The Morgan fingerprint density at radius 1 is 1.80 bits per heavy atom. The fourth-order valence-corrected chi connectivity index (χ4v) is 1.11. The average molecular weight is 145 g/mol. The lowest BCUT2D eigenvalue weighted by Crippen LogP contribution is -2.41. The number of nitrogens with two attached hydrogens (primary N) is 1. The van der Waals surface area contributed by atoms with E-state index in [4.69, 9.17) is 10.5 Å². The quantitative estimate of drug-likeness (QED) is 0.540. The summed E-state index contributed by atoms with van der Waals surface area (Å²) in [6.45, 7) is 2.78. The molecule has 2 atom stereocenters. The molecule has 10 heavy (non-hydrogen) atoms. The first kappa shape index (κ1) is 7.98. The molecule has 1 rings (SSSR count). The summed E-state index contributed by atoms with van der Waals surface area (Å²) in [5, 5.41) is 9.42. The number of hydrogen-bond acceptors (Lipinski definition) is 3. The molecule has 0 amide bonds. The Kier molecular flexibility index (Phi) is 2.28. The van der Waals surface area contributed by atoms with Crippen molar-refractivity contribution in [1.82, 2.24) is 0 Å². The molecule has 0 aliphatic carbocycles. The van der Waals surface area contributed by atoms with Crippen molar-refractivity contribution in [3.8, 4) is 0 Å². The van der Waals surface area contributed by atoms with E-state index in [-0.39, 0.29) is 6.10 Å². The van der Waals surface area contributed by atoms with Crippen LogP contribution in [0, 0.1) is 0 Å². The first-order valence-corrected chi connectivity index (χ1v) is 3.68. The van der Waals surface area contributed by atoms with Gasteiger partial charge >= 0.3 is 0 Å². The Bertz CT molecular complexity index is 104.